The van der Waals surface area contributed by atoms with E-state index in [1.165, 1.54) is 25.5 Å². The third-order valence-electron chi connectivity index (χ3n) is 5.89. The lowest BCUT2D eigenvalue weighted by Crippen LogP contribution is -2.10. The summed E-state index contributed by atoms with van der Waals surface area (Å²) in [4.78, 5) is 40.1. The van der Waals surface area contributed by atoms with Crippen molar-refractivity contribution < 1.29 is 9.90 Å². The minimum atomic E-state index is -0.632. The molecule has 8 heteroatoms. The van der Waals surface area contributed by atoms with Gasteiger partial charge in [-0.1, -0.05) is 31.4 Å². The lowest BCUT2D eigenvalue weighted by molar-refractivity contribution is -0.138. The first-order chi connectivity index (χ1) is 17.0. The number of nitrogens with zero attached hydrogens (tertiary/aromatic N) is 3. The maximum atomic E-state index is 11.0. The second-order valence-corrected chi connectivity index (χ2v) is 8.34. The summed E-state index contributed by atoms with van der Waals surface area (Å²) in [6, 6.07) is 11.8. The Kier molecular flexibility index (Phi) is 8.90. The number of aryl methyl sites for hydroxylation is 1. The molecule has 1 aromatic carbocycles. The zero-order chi connectivity index (χ0) is 25.2. The predicted molar refractivity (Wildman–Crippen MR) is 137 cm³/mol. The Morgan fingerprint density at radius 1 is 1.09 bits per heavy atom. The molecule has 3 heterocycles. The molecule has 0 bridgehead atoms. The highest BCUT2D eigenvalue weighted by molar-refractivity contribution is 5.80. The van der Waals surface area contributed by atoms with Crippen molar-refractivity contribution in [2.75, 3.05) is 0 Å². The molecule has 3 N–H and O–H groups in total. The number of benzene rings is 1. The van der Waals surface area contributed by atoms with Crippen molar-refractivity contribution in [3.8, 4) is 35.5 Å². The first kappa shape index (κ1) is 25.4. The van der Waals surface area contributed by atoms with Crippen LogP contribution < -0.4 is 5.69 Å². The van der Waals surface area contributed by atoms with Crippen molar-refractivity contribution in [2.24, 2.45) is 5.92 Å². The van der Waals surface area contributed by atoms with Crippen LogP contribution in [0, 0.1) is 25.7 Å². The Labute approximate surface area is 203 Å². The van der Waals surface area contributed by atoms with Crippen molar-refractivity contribution >= 4 is 17.0 Å². The van der Waals surface area contributed by atoms with Gasteiger partial charge in [0.15, 0.2) is 0 Å². The van der Waals surface area contributed by atoms with Crippen LogP contribution in [0.2, 0.25) is 0 Å². The van der Waals surface area contributed by atoms with E-state index in [1.807, 2.05) is 43.3 Å². The normalized spacial score (nSPS) is 13.2. The molecule has 35 heavy (non-hydrogen) atoms. The summed E-state index contributed by atoms with van der Waals surface area (Å²) in [5.74, 6) is 0.639. The highest BCUT2D eigenvalue weighted by Crippen LogP contribution is 2.26. The van der Waals surface area contributed by atoms with E-state index in [2.05, 4.69) is 37.8 Å². The number of carboxylic acids is 1. The van der Waals surface area contributed by atoms with Gasteiger partial charge in [0.2, 0.25) is 0 Å². The number of imidazole rings is 1. The van der Waals surface area contributed by atoms with Gasteiger partial charge in [-0.2, -0.15) is 0 Å². The van der Waals surface area contributed by atoms with Gasteiger partial charge < -0.3 is 15.1 Å². The van der Waals surface area contributed by atoms with Gasteiger partial charge in [-0.3, -0.25) is 9.78 Å². The summed E-state index contributed by atoms with van der Waals surface area (Å²) >= 11 is 0. The van der Waals surface area contributed by atoms with Crippen LogP contribution in [0.1, 0.15) is 44.2 Å². The average Bonchev–Trinajstić information content (AvgIpc) is 3.30. The molecule has 1 fully saturated rings. The molecule has 4 aromatic rings. The van der Waals surface area contributed by atoms with Gasteiger partial charge in [0.05, 0.1) is 16.7 Å². The Bertz CT molecular complexity index is 1300. The summed E-state index contributed by atoms with van der Waals surface area (Å²) in [6.07, 6.45) is 17.5. The highest BCUT2D eigenvalue weighted by atomic mass is 16.4. The van der Waals surface area contributed by atoms with Crippen LogP contribution in [0.5, 0.6) is 0 Å². The number of carbonyl (C=O) groups is 1. The topological polar surface area (TPSA) is 125 Å². The molecule has 0 unspecified atom stereocenters. The van der Waals surface area contributed by atoms with Crippen LogP contribution in [-0.2, 0) is 4.79 Å². The number of terminal acetylenes is 1. The molecule has 0 radical (unpaired) electrons. The highest BCUT2D eigenvalue weighted by Gasteiger charge is 2.15. The van der Waals surface area contributed by atoms with E-state index < -0.39 is 5.97 Å². The molecule has 0 atom stereocenters. The van der Waals surface area contributed by atoms with Crippen LogP contribution in [0.3, 0.4) is 0 Å². The first-order valence-corrected chi connectivity index (χ1v) is 11.5. The van der Waals surface area contributed by atoms with E-state index >= 15 is 0 Å². The molecule has 0 aliphatic heterocycles. The van der Waals surface area contributed by atoms with E-state index in [-0.39, 0.29) is 5.69 Å². The standard InChI is InChI=1S/C17H13N5O.C8H14O2.C2H2/c1-10-12(16-21-14-4-2-3-5-15(14)22-16)6-7-13(20-10)11-8-18-17(23)19-9-11;9-8(10)6-7-4-2-1-3-5-7;1-2/h2-9H,1H3,(H,21,22)(H,18,19,23);7H,1-6H2,(H,9,10);1-2H. The SMILES string of the molecule is C#C.Cc1nc(-c2cnc(=O)[nH]c2)ccc1-c1nc2ccccc2[nH]1.O=C(O)CC1CCCCC1. The summed E-state index contributed by atoms with van der Waals surface area (Å²) in [7, 11) is 0. The molecule has 0 spiro atoms. The van der Waals surface area contributed by atoms with Crippen LogP contribution in [-0.4, -0.2) is 36.0 Å². The number of nitrogens with one attached hydrogen (secondary N) is 2. The van der Waals surface area contributed by atoms with E-state index in [4.69, 9.17) is 5.11 Å². The monoisotopic (exact) mass is 471 g/mol. The van der Waals surface area contributed by atoms with Gasteiger partial charge in [0, 0.05) is 35.6 Å². The second-order valence-electron chi connectivity index (χ2n) is 8.34. The predicted octanol–water partition coefficient (Wildman–Crippen LogP) is 4.97. The number of hydrogen-bond donors (Lipinski definition) is 3. The summed E-state index contributed by atoms with van der Waals surface area (Å²) < 4.78 is 0. The molecule has 1 aliphatic carbocycles. The second kappa shape index (κ2) is 12.3. The van der Waals surface area contributed by atoms with Gasteiger partial charge in [0.1, 0.15) is 5.82 Å². The maximum absolute atomic E-state index is 11.0. The van der Waals surface area contributed by atoms with Gasteiger partial charge in [0.25, 0.3) is 0 Å². The summed E-state index contributed by atoms with van der Waals surface area (Å²) in [6.45, 7) is 1.94. The van der Waals surface area contributed by atoms with Gasteiger partial charge in [-0.15, -0.1) is 12.8 Å². The molecular formula is C27H29N5O3. The number of aromatic nitrogens is 5. The molecule has 8 nitrogen and oxygen atoms in total. The van der Waals surface area contributed by atoms with E-state index in [0.717, 1.165) is 52.2 Å². The third-order valence-corrected chi connectivity index (χ3v) is 5.89. The molecule has 1 saturated carbocycles. The van der Waals surface area contributed by atoms with Gasteiger partial charge >= 0.3 is 11.7 Å². The number of aromatic amines is 2. The number of H-pyrrole nitrogens is 2. The fraction of sp³-hybridized carbons (Fsp3) is 0.296. The minimum absolute atomic E-state index is 0.371. The van der Waals surface area contributed by atoms with Crippen LogP contribution in [0.25, 0.3) is 33.7 Å². The average molecular weight is 472 g/mol. The smallest absolute Gasteiger partial charge is 0.344 e. The van der Waals surface area contributed by atoms with Crippen molar-refractivity contribution in [3.05, 3.63) is 65.0 Å². The van der Waals surface area contributed by atoms with Crippen molar-refractivity contribution in [1.82, 2.24) is 24.9 Å². The molecule has 3 aromatic heterocycles. The van der Waals surface area contributed by atoms with E-state index in [9.17, 15) is 9.59 Å². The summed E-state index contributed by atoms with van der Waals surface area (Å²) in [5.41, 5.74) is 4.88. The Morgan fingerprint density at radius 2 is 1.83 bits per heavy atom. The molecule has 5 rings (SSSR count). The number of pyridine rings is 1. The Balaban J connectivity index is 0.000000240. The molecule has 180 valence electrons. The maximum Gasteiger partial charge on any atom is 0.344 e. The Hall–Kier alpha value is -4.25. The van der Waals surface area contributed by atoms with E-state index in [1.54, 1.807) is 6.20 Å². The number of rotatable bonds is 4. The fourth-order valence-electron chi connectivity index (χ4n) is 4.17. The lowest BCUT2D eigenvalue weighted by atomic mass is 9.87. The molecular weight excluding hydrogens is 442 g/mol. The first-order valence-electron chi connectivity index (χ1n) is 11.5. The van der Waals surface area contributed by atoms with E-state index in [0.29, 0.717) is 12.3 Å². The summed E-state index contributed by atoms with van der Waals surface area (Å²) in [5, 5.41) is 8.47. The number of hydrogen-bond acceptors (Lipinski definition) is 5. The quantitative estimate of drug-likeness (QED) is 0.361. The molecule has 0 amide bonds. The number of para-hydroxylation sites is 2. The van der Waals surface area contributed by atoms with Crippen LogP contribution in [0.4, 0.5) is 0 Å². The van der Waals surface area contributed by atoms with Crippen molar-refractivity contribution in [2.45, 2.75) is 45.4 Å². The van der Waals surface area contributed by atoms with Crippen molar-refractivity contribution in [1.29, 1.82) is 0 Å². The van der Waals surface area contributed by atoms with Gasteiger partial charge in [-0.05, 0) is 49.9 Å². The number of carboxylic acid groups (broad SMARTS) is 1. The van der Waals surface area contributed by atoms with Crippen molar-refractivity contribution in [3.63, 3.8) is 0 Å². The largest absolute Gasteiger partial charge is 0.481 e. The minimum Gasteiger partial charge on any atom is -0.481 e. The molecule has 1 aliphatic rings. The Morgan fingerprint density at radius 3 is 2.46 bits per heavy atom. The lowest BCUT2D eigenvalue weighted by Gasteiger charge is -2.18. The zero-order valence-electron chi connectivity index (χ0n) is 19.7. The number of aliphatic carboxylic acids is 1. The number of fused-ring (bicyclic) bond motifs is 1. The third kappa shape index (κ3) is 6.87. The fourth-order valence-corrected chi connectivity index (χ4v) is 4.17. The van der Waals surface area contributed by atoms with Crippen LogP contribution in [0.15, 0.2) is 53.6 Å². The zero-order valence-corrected chi connectivity index (χ0v) is 19.7. The van der Waals surface area contributed by atoms with Gasteiger partial charge in [-0.25, -0.2) is 14.8 Å². The van der Waals surface area contributed by atoms with Crippen LogP contribution >= 0.6 is 0 Å². The molecule has 0 saturated heterocycles.